The van der Waals surface area contributed by atoms with E-state index in [1.165, 1.54) is 0 Å². The number of hydrogen-bond acceptors (Lipinski definition) is 2. The Labute approximate surface area is 50.1 Å². The highest BCUT2D eigenvalue weighted by Crippen LogP contribution is 1.94. The van der Waals surface area contributed by atoms with Crippen LogP contribution >= 0.6 is 0 Å². The van der Waals surface area contributed by atoms with Crippen molar-refractivity contribution < 1.29 is 4.79 Å². The first-order chi connectivity index (χ1) is 3.81. The lowest BCUT2D eigenvalue weighted by Gasteiger charge is -2.02. The number of carbonyl (C=O) groups excluding carboxylic acids is 1. The minimum absolute atomic E-state index is 0.0949. The van der Waals surface area contributed by atoms with Gasteiger partial charge in [-0.15, -0.1) is 0 Å². The summed E-state index contributed by atoms with van der Waals surface area (Å²) in [4.78, 5) is 9.81. The summed E-state index contributed by atoms with van der Waals surface area (Å²) in [5, 5.41) is 0. The summed E-state index contributed by atoms with van der Waals surface area (Å²) in [5.41, 5.74) is 5.46. The lowest BCUT2D eigenvalue weighted by Crippen LogP contribution is -2.19. The first kappa shape index (κ1) is 7.63. The normalized spacial score (nSPS) is 13.2. The highest BCUT2D eigenvalue weighted by atomic mass is 16.1. The van der Waals surface area contributed by atoms with E-state index in [1.54, 1.807) is 0 Å². The molecule has 0 aromatic heterocycles. The molecule has 2 N–H and O–H groups in total. The maximum Gasteiger partial charge on any atom is 0.121 e. The van der Waals surface area contributed by atoms with Crippen molar-refractivity contribution in [3.8, 4) is 0 Å². The van der Waals surface area contributed by atoms with Crippen LogP contribution < -0.4 is 5.73 Å². The number of aldehydes is 1. The first-order valence-corrected chi connectivity index (χ1v) is 3.00. The molecule has 0 aliphatic carbocycles. The topological polar surface area (TPSA) is 43.1 Å². The molecule has 48 valence electrons. The molecule has 0 aliphatic rings. The van der Waals surface area contributed by atoms with Crippen molar-refractivity contribution in [2.75, 3.05) is 0 Å². The van der Waals surface area contributed by atoms with Crippen molar-refractivity contribution in [2.45, 2.75) is 32.2 Å². The third-order valence-corrected chi connectivity index (χ3v) is 1.06. The van der Waals surface area contributed by atoms with Gasteiger partial charge in [0, 0.05) is 12.5 Å². The van der Waals surface area contributed by atoms with Gasteiger partial charge in [0.2, 0.25) is 0 Å². The van der Waals surface area contributed by atoms with E-state index >= 15 is 0 Å². The number of hydrogen-bond donors (Lipinski definition) is 1. The largest absolute Gasteiger partial charge is 0.327 e. The van der Waals surface area contributed by atoms with Gasteiger partial charge in [-0.05, 0) is 6.42 Å². The smallest absolute Gasteiger partial charge is 0.121 e. The van der Waals surface area contributed by atoms with Gasteiger partial charge in [-0.3, -0.25) is 0 Å². The van der Waals surface area contributed by atoms with E-state index in [2.05, 4.69) is 6.92 Å². The van der Waals surface area contributed by atoms with Gasteiger partial charge in [0.05, 0.1) is 0 Å². The molecule has 0 aliphatic heterocycles. The van der Waals surface area contributed by atoms with Crippen molar-refractivity contribution >= 4 is 6.29 Å². The van der Waals surface area contributed by atoms with Crippen LogP contribution in [0.3, 0.4) is 0 Å². The molecule has 1 atom stereocenters. The molecule has 0 heterocycles. The summed E-state index contributed by atoms with van der Waals surface area (Å²) in [5.74, 6) is 0. The van der Waals surface area contributed by atoms with Crippen LogP contribution in [0.25, 0.3) is 0 Å². The van der Waals surface area contributed by atoms with Crippen molar-refractivity contribution in [1.29, 1.82) is 0 Å². The van der Waals surface area contributed by atoms with E-state index in [1.807, 2.05) is 0 Å². The van der Waals surface area contributed by atoms with Gasteiger partial charge in [0.1, 0.15) is 6.29 Å². The number of rotatable bonds is 4. The molecule has 0 rings (SSSR count). The van der Waals surface area contributed by atoms with Crippen molar-refractivity contribution in [3.63, 3.8) is 0 Å². The third kappa shape index (κ3) is 3.81. The Balaban J connectivity index is 3.03. The molecule has 8 heavy (non-hydrogen) atoms. The SMILES string of the molecule is CCCC(N)CC=O. The van der Waals surface area contributed by atoms with E-state index < -0.39 is 0 Å². The standard InChI is InChI=1S/C6H13NO/c1-2-3-6(7)4-5-8/h5-6H,2-4,7H2,1H3. The van der Waals surface area contributed by atoms with Crippen LogP contribution in [-0.2, 0) is 4.79 Å². The summed E-state index contributed by atoms with van der Waals surface area (Å²) in [7, 11) is 0. The molecular formula is C6H13NO. The van der Waals surface area contributed by atoms with Gasteiger partial charge >= 0.3 is 0 Å². The molecule has 0 aromatic carbocycles. The van der Waals surface area contributed by atoms with Crippen LogP contribution in [0, 0.1) is 0 Å². The lowest BCUT2D eigenvalue weighted by atomic mass is 10.1. The molecule has 1 unspecified atom stereocenters. The van der Waals surface area contributed by atoms with E-state index in [-0.39, 0.29) is 6.04 Å². The fourth-order valence-electron chi connectivity index (χ4n) is 0.612. The summed E-state index contributed by atoms with van der Waals surface area (Å²) in [6, 6.07) is 0.0949. The molecule has 0 fully saturated rings. The maximum atomic E-state index is 9.81. The van der Waals surface area contributed by atoms with Gasteiger partial charge in [-0.2, -0.15) is 0 Å². The highest BCUT2D eigenvalue weighted by Gasteiger charge is 1.96. The van der Waals surface area contributed by atoms with Crippen molar-refractivity contribution in [3.05, 3.63) is 0 Å². The Hall–Kier alpha value is -0.370. The number of nitrogens with two attached hydrogens (primary N) is 1. The summed E-state index contributed by atoms with van der Waals surface area (Å²) >= 11 is 0. The number of carbonyl (C=O) groups is 1. The molecule has 0 bridgehead atoms. The van der Waals surface area contributed by atoms with Crippen molar-refractivity contribution in [2.24, 2.45) is 5.73 Å². The fraction of sp³-hybridized carbons (Fsp3) is 0.833. The predicted octanol–water partition coefficient (Wildman–Crippen LogP) is 0.703. The first-order valence-electron chi connectivity index (χ1n) is 3.00. The van der Waals surface area contributed by atoms with E-state index in [4.69, 9.17) is 5.73 Å². The Morgan fingerprint density at radius 2 is 2.38 bits per heavy atom. The van der Waals surface area contributed by atoms with E-state index in [0.717, 1.165) is 19.1 Å². The molecule has 0 spiro atoms. The Morgan fingerprint density at radius 3 is 2.75 bits per heavy atom. The van der Waals surface area contributed by atoms with Gasteiger partial charge < -0.3 is 10.5 Å². The van der Waals surface area contributed by atoms with E-state index in [0.29, 0.717) is 6.42 Å². The monoisotopic (exact) mass is 115 g/mol. The minimum atomic E-state index is 0.0949. The molecule has 0 saturated heterocycles. The van der Waals surface area contributed by atoms with Crippen molar-refractivity contribution in [1.82, 2.24) is 0 Å². The Kier molecular flexibility index (Phi) is 4.56. The third-order valence-electron chi connectivity index (χ3n) is 1.06. The zero-order valence-corrected chi connectivity index (χ0v) is 5.26. The maximum absolute atomic E-state index is 9.81. The zero-order valence-electron chi connectivity index (χ0n) is 5.26. The molecular weight excluding hydrogens is 102 g/mol. The van der Waals surface area contributed by atoms with Crippen LogP contribution in [-0.4, -0.2) is 12.3 Å². The van der Waals surface area contributed by atoms with Gasteiger partial charge in [0.25, 0.3) is 0 Å². The van der Waals surface area contributed by atoms with Gasteiger partial charge in [0.15, 0.2) is 0 Å². The van der Waals surface area contributed by atoms with Crippen LogP contribution in [0.1, 0.15) is 26.2 Å². The highest BCUT2D eigenvalue weighted by molar-refractivity contribution is 5.50. The fourth-order valence-corrected chi connectivity index (χ4v) is 0.612. The molecule has 2 nitrogen and oxygen atoms in total. The average Bonchev–Trinajstić information content (AvgIpc) is 1.68. The van der Waals surface area contributed by atoms with Gasteiger partial charge in [-0.1, -0.05) is 13.3 Å². The van der Waals surface area contributed by atoms with E-state index in [9.17, 15) is 4.79 Å². The molecule has 0 amide bonds. The molecule has 0 aromatic rings. The Morgan fingerprint density at radius 1 is 1.75 bits per heavy atom. The van der Waals surface area contributed by atoms with Crippen LogP contribution in [0.2, 0.25) is 0 Å². The van der Waals surface area contributed by atoms with Crippen LogP contribution in [0.4, 0.5) is 0 Å². The summed E-state index contributed by atoms with van der Waals surface area (Å²) in [6.07, 6.45) is 3.40. The second-order valence-electron chi connectivity index (χ2n) is 1.95. The second-order valence-corrected chi connectivity index (χ2v) is 1.95. The predicted molar refractivity (Wildman–Crippen MR) is 33.6 cm³/mol. The molecule has 0 saturated carbocycles. The summed E-state index contributed by atoms with van der Waals surface area (Å²) in [6.45, 7) is 2.06. The summed E-state index contributed by atoms with van der Waals surface area (Å²) < 4.78 is 0. The zero-order chi connectivity index (χ0) is 6.41. The van der Waals surface area contributed by atoms with Crippen LogP contribution in [0.15, 0.2) is 0 Å². The molecule has 2 heteroatoms. The van der Waals surface area contributed by atoms with Gasteiger partial charge in [-0.25, -0.2) is 0 Å². The Bertz CT molecular complexity index is 63.5. The van der Waals surface area contributed by atoms with Crippen LogP contribution in [0.5, 0.6) is 0 Å². The minimum Gasteiger partial charge on any atom is -0.327 e. The molecule has 0 radical (unpaired) electrons. The average molecular weight is 115 g/mol. The quantitative estimate of drug-likeness (QED) is 0.548. The lowest BCUT2D eigenvalue weighted by molar-refractivity contribution is -0.108. The second kappa shape index (κ2) is 4.78.